The van der Waals surface area contributed by atoms with Crippen molar-refractivity contribution in [1.29, 1.82) is 0 Å². The van der Waals surface area contributed by atoms with Crippen LogP contribution in [0.15, 0.2) is 57.7 Å². The van der Waals surface area contributed by atoms with Crippen LogP contribution >= 0.6 is 0 Å². The Morgan fingerprint density at radius 2 is 1.40 bits per heavy atom. The molecule has 3 aromatic carbocycles. The normalized spacial score (nSPS) is 11.9. The summed E-state index contributed by atoms with van der Waals surface area (Å²) in [5, 5.41) is 11.5. The molecule has 0 atom stereocenters. The van der Waals surface area contributed by atoms with Crippen molar-refractivity contribution >= 4 is 28.4 Å². The average Bonchev–Trinajstić information content (AvgIpc) is 2.76. The maximum Gasteiger partial charge on any atom is 0.363 e. The number of aryl methyl sites for hydroxylation is 6. The number of para-hydroxylation sites is 2. The molecule has 178 valence electrons. The van der Waals surface area contributed by atoms with E-state index >= 15 is 0 Å². The second-order valence-corrected chi connectivity index (χ2v) is 8.93. The number of carbonyl (C=O) groups excluding carboxylic acids is 1. The number of hydrogen-bond donors (Lipinski definition) is 1. The molecule has 0 spiro atoms. The van der Waals surface area contributed by atoms with E-state index < -0.39 is 11.6 Å². The van der Waals surface area contributed by atoms with Crippen LogP contribution in [0.1, 0.15) is 44.6 Å². The van der Waals surface area contributed by atoms with E-state index in [0.29, 0.717) is 16.8 Å². The monoisotopic (exact) mass is 469 g/mol. The fourth-order valence-electron chi connectivity index (χ4n) is 4.56. The standard InChI is InChI=1S/C29H27NO5/c1-15-11-17(3)23(18(4)12-15)26(31)24(25-29(33)34-22-10-8-7-9-21(22)30-25)28(32)35-27-19(5)13-16(2)14-20(27)6/h7-14,31H,1-6H3. The van der Waals surface area contributed by atoms with E-state index in [1.54, 1.807) is 24.3 Å². The SMILES string of the molecule is Cc1cc(C)c(OC(=O)C(=C(O)c2c(C)cc(C)cc2C)c2nc3ccccc3oc2=O)c(C)c1. The second kappa shape index (κ2) is 9.22. The quantitative estimate of drug-likeness (QED) is 0.169. The highest BCUT2D eigenvalue weighted by Crippen LogP contribution is 2.32. The van der Waals surface area contributed by atoms with Gasteiger partial charge in [-0.05, 0) is 75.9 Å². The first-order chi connectivity index (χ1) is 16.6. The van der Waals surface area contributed by atoms with Crippen molar-refractivity contribution in [2.75, 3.05) is 0 Å². The van der Waals surface area contributed by atoms with Crippen molar-refractivity contribution in [2.45, 2.75) is 41.5 Å². The number of nitrogens with zero attached hydrogens (tertiary/aromatic N) is 1. The van der Waals surface area contributed by atoms with Crippen molar-refractivity contribution in [3.63, 3.8) is 0 Å². The van der Waals surface area contributed by atoms with Gasteiger partial charge in [0.1, 0.15) is 22.6 Å². The molecule has 1 aromatic heterocycles. The Hall–Kier alpha value is -4.19. The van der Waals surface area contributed by atoms with Gasteiger partial charge in [0.25, 0.3) is 0 Å². The van der Waals surface area contributed by atoms with Gasteiger partial charge in [-0.2, -0.15) is 0 Å². The number of aliphatic hydroxyl groups is 1. The Labute approximate surface area is 203 Å². The molecular formula is C29H27NO5. The van der Waals surface area contributed by atoms with Crippen molar-refractivity contribution in [2.24, 2.45) is 0 Å². The predicted molar refractivity (Wildman–Crippen MR) is 137 cm³/mol. The van der Waals surface area contributed by atoms with Crippen LogP contribution in [0.4, 0.5) is 0 Å². The Balaban J connectivity index is 1.99. The number of esters is 1. The summed E-state index contributed by atoms with van der Waals surface area (Å²) in [6, 6.07) is 14.3. The lowest BCUT2D eigenvalue weighted by Crippen LogP contribution is -2.21. The maximum atomic E-state index is 13.6. The average molecular weight is 470 g/mol. The summed E-state index contributed by atoms with van der Waals surface area (Å²) in [5.41, 5.74) is 4.64. The van der Waals surface area contributed by atoms with Gasteiger partial charge in [0.2, 0.25) is 0 Å². The maximum absolute atomic E-state index is 13.6. The minimum absolute atomic E-state index is 0.279. The van der Waals surface area contributed by atoms with E-state index in [2.05, 4.69) is 4.98 Å². The van der Waals surface area contributed by atoms with Crippen LogP contribution in [0.5, 0.6) is 5.75 Å². The molecule has 0 aliphatic rings. The van der Waals surface area contributed by atoms with Crippen LogP contribution in [-0.2, 0) is 4.79 Å². The van der Waals surface area contributed by atoms with Crippen LogP contribution < -0.4 is 10.4 Å². The summed E-state index contributed by atoms with van der Waals surface area (Å²) >= 11 is 0. The topological polar surface area (TPSA) is 89.6 Å². The van der Waals surface area contributed by atoms with E-state index in [-0.39, 0.29) is 22.6 Å². The molecule has 0 saturated heterocycles. The molecule has 0 unspecified atom stereocenters. The van der Waals surface area contributed by atoms with Gasteiger partial charge in [-0.3, -0.25) is 0 Å². The third kappa shape index (κ3) is 4.60. The Morgan fingerprint density at radius 1 is 0.857 bits per heavy atom. The van der Waals surface area contributed by atoms with E-state index in [4.69, 9.17) is 9.15 Å². The highest BCUT2D eigenvalue weighted by atomic mass is 16.5. The number of ether oxygens (including phenoxy) is 1. The molecule has 6 nitrogen and oxygen atoms in total. The molecule has 35 heavy (non-hydrogen) atoms. The molecule has 4 rings (SSSR count). The lowest BCUT2D eigenvalue weighted by atomic mass is 9.95. The zero-order valence-electron chi connectivity index (χ0n) is 20.6. The summed E-state index contributed by atoms with van der Waals surface area (Å²) < 4.78 is 11.2. The minimum Gasteiger partial charge on any atom is -0.506 e. The van der Waals surface area contributed by atoms with E-state index in [9.17, 15) is 14.7 Å². The van der Waals surface area contributed by atoms with Crippen molar-refractivity contribution < 1.29 is 19.1 Å². The number of hydrogen-bond acceptors (Lipinski definition) is 6. The first-order valence-corrected chi connectivity index (χ1v) is 11.3. The van der Waals surface area contributed by atoms with Crippen LogP contribution in [-0.4, -0.2) is 16.1 Å². The molecule has 6 heteroatoms. The molecule has 0 amide bonds. The number of benzene rings is 3. The summed E-state index contributed by atoms with van der Waals surface area (Å²) in [4.78, 5) is 31.0. The van der Waals surface area contributed by atoms with Crippen LogP contribution in [0, 0.1) is 41.5 Å². The van der Waals surface area contributed by atoms with E-state index in [0.717, 1.165) is 33.4 Å². The van der Waals surface area contributed by atoms with Gasteiger partial charge in [0, 0.05) is 5.56 Å². The molecule has 1 N–H and O–H groups in total. The minimum atomic E-state index is -0.896. The first-order valence-electron chi connectivity index (χ1n) is 11.3. The van der Waals surface area contributed by atoms with Gasteiger partial charge >= 0.3 is 11.6 Å². The number of aromatic nitrogens is 1. The van der Waals surface area contributed by atoms with Crippen molar-refractivity contribution in [1.82, 2.24) is 4.98 Å². The summed E-state index contributed by atoms with van der Waals surface area (Å²) in [6.45, 7) is 11.2. The Bertz CT molecular complexity index is 1530. The lowest BCUT2D eigenvalue weighted by molar-refractivity contribution is -0.128. The number of rotatable bonds is 4. The summed E-state index contributed by atoms with van der Waals surface area (Å²) in [7, 11) is 0. The first kappa shape index (κ1) is 24.0. The van der Waals surface area contributed by atoms with Gasteiger partial charge in [0.15, 0.2) is 11.3 Å². The predicted octanol–water partition coefficient (Wildman–Crippen LogP) is 6.07. The van der Waals surface area contributed by atoms with Gasteiger partial charge in [-0.25, -0.2) is 14.6 Å². The van der Waals surface area contributed by atoms with Crippen molar-refractivity contribution in [3.8, 4) is 5.75 Å². The van der Waals surface area contributed by atoms with Crippen LogP contribution in [0.3, 0.4) is 0 Å². The summed E-state index contributed by atoms with van der Waals surface area (Å²) in [6.07, 6.45) is 0. The molecule has 0 aliphatic carbocycles. The zero-order valence-corrected chi connectivity index (χ0v) is 20.6. The molecule has 0 radical (unpaired) electrons. The molecule has 0 saturated carbocycles. The molecule has 0 aliphatic heterocycles. The molecule has 0 fully saturated rings. The van der Waals surface area contributed by atoms with Gasteiger partial charge in [-0.1, -0.05) is 47.5 Å². The molecule has 4 aromatic rings. The molecular weight excluding hydrogens is 442 g/mol. The van der Waals surface area contributed by atoms with Gasteiger partial charge in [-0.15, -0.1) is 0 Å². The smallest absolute Gasteiger partial charge is 0.363 e. The highest BCUT2D eigenvalue weighted by molar-refractivity contribution is 6.23. The zero-order chi connectivity index (χ0) is 25.4. The largest absolute Gasteiger partial charge is 0.506 e. The van der Waals surface area contributed by atoms with Crippen molar-refractivity contribution in [3.05, 3.63) is 104 Å². The fraction of sp³-hybridized carbons (Fsp3) is 0.207. The number of fused-ring (bicyclic) bond motifs is 1. The summed E-state index contributed by atoms with van der Waals surface area (Å²) in [5.74, 6) is -0.914. The van der Waals surface area contributed by atoms with E-state index in [1.165, 1.54) is 0 Å². The fourth-order valence-corrected chi connectivity index (χ4v) is 4.56. The van der Waals surface area contributed by atoms with Gasteiger partial charge in [0.05, 0.1) is 0 Å². The second-order valence-electron chi connectivity index (χ2n) is 8.93. The molecule has 1 heterocycles. The van der Waals surface area contributed by atoms with Crippen LogP contribution in [0.25, 0.3) is 22.4 Å². The molecule has 0 bridgehead atoms. The number of carbonyl (C=O) groups is 1. The number of aliphatic hydroxyl groups excluding tert-OH is 1. The third-order valence-electron chi connectivity index (χ3n) is 5.88. The van der Waals surface area contributed by atoms with Crippen LogP contribution in [0.2, 0.25) is 0 Å². The van der Waals surface area contributed by atoms with Gasteiger partial charge < -0.3 is 14.3 Å². The highest BCUT2D eigenvalue weighted by Gasteiger charge is 2.29. The lowest BCUT2D eigenvalue weighted by Gasteiger charge is -2.16. The Kier molecular flexibility index (Phi) is 6.31. The third-order valence-corrected chi connectivity index (χ3v) is 5.88. The Morgan fingerprint density at radius 3 is 2.00 bits per heavy atom. The van der Waals surface area contributed by atoms with E-state index in [1.807, 2.05) is 65.8 Å².